The second kappa shape index (κ2) is 7.22. The molecule has 3 aromatic rings. The molecule has 0 N–H and O–H groups in total. The van der Waals surface area contributed by atoms with Crippen molar-refractivity contribution in [3.8, 4) is 11.5 Å². The molecule has 25 heavy (non-hydrogen) atoms. The quantitative estimate of drug-likeness (QED) is 0.600. The molecular weight excluding hydrogens is 310 g/mol. The number of fused-ring (bicyclic) bond motifs is 1. The van der Waals surface area contributed by atoms with Gasteiger partial charge in [0, 0.05) is 17.1 Å². The summed E-state index contributed by atoms with van der Waals surface area (Å²) >= 11 is 0. The van der Waals surface area contributed by atoms with Gasteiger partial charge >= 0.3 is 0 Å². The molecule has 0 fully saturated rings. The van der Waals surface area contributed by atoms with Crippen LogP contribution < -0.4 is 9.47 Å². The summed E-state index contributed by atoms with van der Waals surface area (Å²) in [6.07, 6.45) is 2.10. The molecular formula is C22H27NO2. The van der Waals surface area contributed by atoms with Crippen LogP contribution in [0.3, 0.4) is 0 Å². The molecule has 0 radical (unpaired) electrons. The van der Waals surface area contributed by atoms with E-state index in [2.05, 4.69) is 74.0 Å². The van der Waals surface area contributed by atoms with Gasteiger partial charge in [-0.25, -0.2) is 0 Å². The molecule has 0 spiro atoms. The smallest absolute Gasteiger partial charge is 0.120 e. The van der Waals surface area contributed by atoms with E-state index in [9.17, 15) is 0 Å². The normalized spacial score (nSPS) is 11.7. The minimum Gasteiger partial charge on any atom is -0.494 e. The standard InChI is InChI=1S/C22H27NO2/c1-5-24-20-10-11-21-17(16-20)12-13-23(21)14-15-25-19-8-6-18(7-9-19)22(2,3)4/h6-13,16H,5,14-15H2,1-4H3. The fourth-order valence-electron chi connectivity index (χ4n) is 2.94. The van der Waals surface area contributed by atoms with Crippen molar-refractivity contribution in [3.63, 3.8) is 0 Å². The molecule has 132 valence electrons. The summed E-state index contributed by atoms with van der Waals surface area (Å²) in [6.45, 7) is 10.8. The molecule has 3 rings (SSSR count). The van der Waals surface area contributed by atoms with Crippen LogP contribution in [-0.2, 0) is 12.0 Å². The van der Waals surface area contributed by atoms with Gasteiger partial charge in [0.1, 0.15) is 18.1 Å². The van der Waals surface area contributed by atoms with Gasteiger partial charge in [0.15, 0.2) is 0 Å². The molecule has 0 bridgehead atoms. The number of rotatable bonds is 6. The van der Waals surface area contributed by atoms with Crippen LogP contribution in [0.15, 0.2) is 54.7 Å². The fourth-order valence-corrected chi connectivity index (χ4v) is 2.94. The first-order chi connectivity index (χ1) is 12.0. The Morgan fingerprint density at radius 3 is 2.28 bits per heavy atom. The van der Waals surface area contributed by atoms with E-state index in [4.69, 9.17) is 9.47 Å². The number of nitrogens with zero attached hydrogens (tertiary/aromatic N) is 1. The van der Waals surface area contributed by atoms with Crippen molar-refractivity contribution < 1.29 is 9.47 Å². The van der Waals surface area contributed by atoms with Gasteiger partial charge in [-0.15, -0.1) is 0 Å². The third-order valence-electron chi connectivity index (χ3n) is 4.37. The molecule has 0 aliphatic heterocycles. The number of hydrogen-bond acceptors (Lipinski definition) is 2. The van der Waals surface area contributed by atoms with E-state index in [1.807, 2.05) is 13.0 Å². The predicted molar refractivity (Wildman–Crippen MR) is 104 cm³/mol. The first kappa shape index (κ1) is 17.4. The fraction of sp³-hybridized carbons (Fsp3) is 0.364. The van der Waals surface area contributed by atoms with Crippen molar-refractivity contribution in [1.29, 1.82) is 0 Å². The lowest BCUT2D eigenvalue weighted by atomic mass is 9.87. The Balaban J connectivity index is 1.61. The third-order valence-corrected chi connectivity index (χ3v) is 4.37. The van der Waals surface area contributed by atoms with Gasteiger partial charge in [0.2, 0.25) is 0 Å². The second-order valence-electron chi connectivity index (χ2n) is 7.29. The molecule has 0 unspecified atom stereocenters. The van der Waals surface area contributed by atoms with Crippen LogP contribution in [0.1, 0.15) is 33.3 Å². The van der Waals surface area contributed by atoms with Gasteiger partial charge in [0.05, 0.1) is 13.2 Å². The monoisotopic (exact) mass is 337 g/mol. The highest BCUT2D eigenvalue weighted by atomic mass is 16.5. The minimum absolute atomic E-state index is 0.170. The lowest BCUT2D eigenvalue weighted by Crippen LogP contribution is -2.11. The third kappa shape index (κ3) is 4.16. The van der Waals surface area contributed by atoms with E-state index in [0.29, 0.717) is 13.2 Å². The van der Waals surface area contributed by atoms with Gasteiger partial charge in [-0.1, -0.05) is 32.9 Å². The molecule has 0 saturated carbocycles. The zero-order chi connectivity index (χ0) is 17.9. The average Bonchev–Trinajstić information content (AvgIpc) is 2.97. The van der Waals surface area contributed by atoms with Crippen LogP contribution in [-0.4, -0.2) is 17.8 Å². The van der Waals surface area contributed by atoms with Crippen LogP contribution in [0.4, 0.5) is 0 Å². The lowest BCUT2D eigenvalue weighted by Gasteiger charge is -2.19. The SMILES string of the molecule is CCOc1ccc2c(ccn2CCOc2ccc(C(C)(C)C)cc2)c1. The Morgan fingerprint density at radius 2 is 1.60 bits per heavy atom. The molecule has 0 amide bonds. The second-order valence-corrected chi connectivity index (χ2v) is 7.29. The van der Waals surface area contributed by atoms with E-state index < -0.39 is 0 Å². The highest BCUT2D eigenvalue weighted by molar-refractivity contribution is 5.81. The van der Waals surface area contributed by atoms with Gasteiger partial charge in [0.25, 0.3) is 0 Å². The molecule has 0 atom stereocenters. The zero-order valence-electron chi connectivity index (χ0n) is 15.6. The topological polar surface area (TPSA) is 23.4 Å². The van der Waals surface area contributed by atoms with E-state index in [0.717, 1.165) is 18.0 Å². The molecule has 1 aromatic heterocycles. The van der Waals surface area contributed by atoms with Gasteiger partial charge in [-0.05, 0) is 54.3 Å². The minimum atomic E-state index is 0.170. The number of benzene rings is 2. The zero-order valence-corrected chi connectivity index (χ0v) is 15.6. The van der Waals surface area contributed by atoms with Crippen LogP contribution in [0.2, 0.25) is 0 Å². The Labute approximate surface area is 150 Å². The summed E-state index contributed by atoms with van der Waals surface area (Å²) in [5, 5.41) is 1.19. The largest absolute Gasteiger partial charge is 0.494 e. The summed E-state index contributed by atoms with van der Waals surface area (Å²) in [5.41, 5.74) is 2.69. The van der Waals surface area contributed by atoms with Crippen molar-refractivity contribution in [2.75, 3.05) is 13.2 Å². The number of hydrogen-bond donors (Lipinski definition) is 0. The summed E-state index contributed by atoms with van der Waals surface area (Å²) in [4.78, 5) is 0. The van der Waals surface area contributed by atoms with Crippen LogP contribution in [0.25, 0.3) is 10.9 Å². The van der Waals surface area contributed by atoms with E-state index in [1.165, 1.54) is 16.5 Å². The number of ether oxygens (including phenoxy) is 2. The van der Waals surface area contributed by atoms with Crippen molar-refractivity contribution in [2.24, 2.45) is 0 Å². The summed E-state index contributed by atoms with van der Waals surface area (Å²) in [5.74, 6) is 1.84. The number of aromatic nitrogens is 1. The molecule has 0 aliphatic rings. The van der Waals surface area contributed by atoms with Gasteiger partial charge < -0.3 is 14.0 Å². The Kier molecular flexibility index (Phi) is 5.03. The van der Waals surface area contributed by atoms with Gasteiger partial charge in [-0.3, -0.25) is 0 Å². The van der Waals surface area contributed by atoms with E-state index in [1.54, 1.807) is 0 Å². The van der Waals surface area contributed by atoms with E-state index >= 15 is 0 Å². The molecule has 3 heteroatoms. The highest BCUT2D eigenvalue weighted by Crippen LogP contribution is 2.25. The maximum absolute atomic E-state index is 5.91. The average molecular weight is 337 g/mol. The highest BCUT2D eigenvalue weighted by Gasteiger charge is 2.12. The van der Waals surface area contributed by atoms with Crippen molar-refractivity contribution in [3.05, 3.63) is 60.3 Å². The van der Waals surface area contributed by atoms with Gasteiger partial charge in [-0.2, -0.15) is 0 Å². The van der Waals surface area contributed by atoms with Crippen LogP contribution >= 0.6 is 0 Å². The van der Waals surface area contributed by atoms with Crippen molar-refractivity contribution in [1.82, 2.24) is 4.57 Å². The van der Waals surface area contributed by atoms with E-state index in [-0.39, 0.29) is 5.41 Å². The van der Waals surface area contributed by atoms with Crippen LogP contribution in [0, 0.1) is 0 Å². The first-order valence-electron chi connectivity index (χ1n) is 8.92. The molecule has 0 saturated heterocycles. The van der Waals surface area contributed by atoms with Crippen molar-refractivity contribution in [2.45, 2.75) is 39.7 Å². The predicted octanol–water partition coefficient (Wildman–Crippen LogP) is 5.42. The molecule has 2 aromatic carbocycles. The van der Waals surface area contributed by atoms with Crippen LogP contribution in [0.5, 0.6) is 11.5 Å². The van der Waals surface area contributed by atoms with Crippen molar-refractivity contribution >= 4 is 10.9 Å². The Morgan fingerprint density at radius 1 is 0.880 bits per heavy atom. The molecule has 0 aliphatic carbocycles. The lowest BCUT2D eigenvalue weighted by molar-refractivity contribution is 0.300. The maximum atomic E-state index is 5.91. The maximum Gasteiger partial charge on any atom is 0.120 e. The Hall–Kier alpha value is -2.42. The summed E-state index contributed by atoms with van der Waals surface area (Å²) in [7, 11) is 0. The Bertz CT molecular complexity index is 825. The summed E-state index contributed by atoms with van der Waals surface area (Å²) < 4.78 is 13.7. The molecule has 3 nitrogen and oxygen atoms in total. The summed E-state index contributed by atoms with van der Waals surface area (Å²) in [6, 6.07) is 16.8. The molecule has 1 heterocycles. The first-order valence-corrected chi connectivity index (χ1v) is 8.92.